The fourth-order valence-corrected chi connectivity index (χ4v) is 4.33. The summed E-state index contributed by atoms with van der Waals surface area (Å²) in [6, 6.07) is 7.52. The number of nitrogens with zero attached hydrogens (tertiary/aromatic N) is 1. The van der Waals surface area contributed by atoms with Crippen molar-refractivity contribution in [2.24, 2.45) is 0 Å². The van der Waals surface area contributed by atoms with Crippen molar-refractivity contribution in [3.05, 3.63) is 39.5 Å². The molecule has 0 amide bonds. The van der Waals surface area contributed by atoms with Gasteiger partial charge in [0.25, 0.3) is 5.56 Å². The number of aliphatic carboxylic acids is 1. The van der Waals surface area contributed by atoms with Crippen molar-refractivity contribution in [3.8, 4) is 16.9 Å². The number of aromatic nitrogens is 2. The largest absolute Gasteiger partial charge is 0.497 e. The van der Waals surface area contributed by atoms with Gasteiger partial charge in [0.2, 0.25) is 0 Å². The van der Waals surface area contributed by atoms with E-state index in [1.807, 2.05) is 31.2 Å². The Balaban J connectivity index is 2.14. The standard InChI is InChI=1S/C17H16N2O4S2/c1-8-12(10-5-4-6-11(7-10)23-3)13-14(20)18-17(19-15(13)24-8)25-9(2)16(21)22/h4-7,9H,1-3H3,(H,21,22)(H,18,19,20). The lowest BCUT2D eigenvalue weighted by Crippen LogP contribution is -2.14. The molecule has 0 aliphatic heterocycles. The van der Waals surface area contributed by atoms with Crippen LogP contribution in [0.2, 0.25) is 0 Å². The smallest absolute Gasteiger partial charge is 0.316 e. The lowest BCUT2D eigenvalue weighted by molar-refractivity contribution is -0.136. The maximum Gasteiger partial charge on any atom is 0.316 e. The molecule has 6 nitrogen and oxygen atoms in total. The zero-order chi connectivity index (χ0) is 18.1. The van der Waals surface area contributed by atoms with Gasteiger partial charge >= 0.3 is 5.97 Å². The molecule has 1 unspecified atom stereocenters. The number of aryl methyl sites for hydroxylation is 1. The third-order valence-electron chi connectivity index (χ3n) is 3.71. The van der Waals surface area contributed by atoms with E-state index in [2.05, 4.69) is 9.97 Å². The minimum absolute atomic E-state index is 0.271. The number of nitrogens with one attached hydrogen (secondary N) is 1. The summed E-state index contributed by atoms with van der Waals surface area (Å²) < 4.78 is 5.26. The number of aromatic amines is 1. The van der Waals surface area contributed by atoms with E-state index in [0.29, 0.717) is 21.1 Å². The van der Waals surface area contributed by atoms with Gasteiger partial charge in [0, 0.05) is 10.4 Å². The minimum atomic E-state index is -0.952. The van der Waals surface area contributed by atoms with Crippen LogP contribution in [0, 0.1) is 6.92 Å². The summed E-state index contributed by atoms with van der Waals surface area (Å²) in [5.41, 5.74) is 1.44. The first-order chi connectivity index (χ1) is 11.9. The Morgan fingerprint density at radius 2 is 2.20 bits per heavy atom. The van der Waals surface area contributed by atoms with Crippen molar-refractivity contribution in [1.29, 1.82) is 0 Å². The average Bonchev–Trinajstić information content (AvgIpc) is 2.91. The number of rotatable bonds is 5. The first-order valence-corrected chi connectivity index (χ1v) is 9.17. The molecule has 0 radical (unpaired) electrons. The molecule has 2 aromatic heterocycles. The quantitative estimate of drug-likeness (QED) is 0.523. The molecule has 0 aliphatic carbocycles. The van der Waals surface area contributed by atoms with E-state index in [1.54, 1.807) is 14.0 Å². The van der Waals surface area contributed by atoms with Gasteiger partial charge in [0.15, 0.2) is 5.16 Å². The average molecular weight is 376 g/mol. The maximum atomic E-state index is 12.6. The summed E-state index contributed by atoms with van der Waals surface area (Å²) in [5, 5.41) is 9.16. The van der Waals surface area contributed by atoms with Crippen LogP contribution in [-0.4, -0.2) is 33.4 Å². The third kappa shape index (κ3) is 3.40. The number of carboxylic acid groups (broad SMARTS) is 1. The highest BCUT2D eigenvalue weighted by Gasteiger charge is 2.19. The van der Waals surface area contributed by atoms with E-state index in [0.717, 1.165) is 27.8 Å². The van der Waals surface area contributed by atoms with E-state index >= 15 is 0 Å². The third-order valence-corrected chi connectivity index (χ3v) is 5.68. The summed E-state index contributed by atoms with van der Waals surface area (Å²) in [6.07, 6.45) is 0. The molecule has 2 heterocycles. The van der Waals surface area contributed by atoms with Crippen LogP contribution < -0.4 is 10.3 Å². The molecule has 8 heteroatoms. The van der Waals surface area contributed by atoms with Gasteiger partial charge in [-0.05, 0) is 31.5 Å². The van der Waals surface area contributed by atoms with Gasteiger partial charge in [-0.1, -0.05) is 23.9 Å². The van der Waals surface area contributed by atoms with Crippen LogP contribution in [0.3, 0.4) is 0 Å². The van der Waals surface area contributed by atoms with Crippen LogP contribution >= 0.6 is 23.1 Å². The van der Waals surface area contributed by atoms with Gasteiger partial charge in [0.05, 0.1) is 12.5 Å². The fraction of sp³-hybridized carbons (Fsp3) is 0.235. The predicted molar refractivity (Wildman–Crippen MR) is 99.9 cm³/mol. The lowest BCUT2D eigenvalue weighted by Gasteiger charge is -2.06. The number of hydrogen-bond acceptors (Lipinski definition) is 6. The molecule has 0 fully saturated rings. The number of carbonyl (C=O) groups is 1. The Kier molecular flexibility index (Phi) is 4.82. The first-order valence-electron chi connectivity index (χ1n) is 7.48. The monoisotopic (exact) mass is 376 g/mol. The zero-order valence-electron chi connectivity index (χ0n) is 13.8. The number of carboxylic acids is 1. The highest BCUT2D eigenvalue weighted by Crippen LogP contribution is 2.37. The Morgan fingerprint density at radius 1 is 1.44 bits per heavy atom. The van der Waals surface area contributed by atoms with E-state index in [9.17, 15) is 9.59 Å². The molecule has 0 saturated heterocycles. The second-order valence-electron chi connectivity index (χ2n) is 5.41. The van der Waals surface area contributed by atoms with Gasteiger partial charge < -0.3 is 14.8 Å². The van der Waals surface area contributed by atoms with E-state index in [4.69, 9.17) is 9.84 Å². The second kappa shape index (κ2) is 6.89. The number of H-pyrrole nitrogens is 1. The van der Waals surface area contributed by atoms with Crippen LogP contribution in [0.5, 0.6) is 5.75 Å². The number of thioether (sulfide) groups is 1. The van der Waals surface area contributed by atoms with E-state index in [-0.39, 0.29) is 5.56 Å². The molecule has 0 bridgehead atoms. The Morgan fingerprint density at radius 3 is 2.88 bits per heavy atom. The molecule has 1 atom stereocenters. The van der Waals surface area contributed by atoms with Gasteiger partial charge in [-0.25, -0.2) is 4.98 Å². The molecular formula is C17H16N2O4S2. The summed E-state index contributed by atoms with van der Waals surface area (Å²) in [7, 11) is 1.60. The highest BCUT2D eigenvalue weighted by molar-refractivity contribution is 8.00. The van der Waals surface area contributed by atoms with Crippen LogP contribution in [0.15, 0.2) is 34.2 Å². The van der Waals surface area contributed by atoms with E-state index in [1.165, 1.54) is 11.3 Å². The Hall–Kier alpha value is -2.32. The van der Waals surface area contributed by atoms with Crippen molar-refractivity contribution in [3.63, 3.8) is 0 Å². The second-order valence-corrected chi connectivity index (χ2v) is 7.95. The first kappa shape index (κ1) is 17.5. The van der Waals surface area contributed by atoms with Crippen LogP contribution in [0.1, 0.15) is 11.8 Å². The normalized spacial score (nSPS) is 12.3. The van der Waals surface area contributed by atoms with Crippen LogP contribution in [-0.2, 0) is 4.79 Å². The number of thiophene rings is 1. The molecular weight excluding hydrogens is 360 g/mol. The topological polar surface area (TPSA) is 92.3 Å². The molecule has 3 rings (SSSR count). The molecule has 25 heavy (non-hydrogen) atoms. The number of benzene rings is 1. The number of fused-ring (bicyclic) bond motifs is 1. The van der Waals surface area contributed by atoms with Crippen LogP contribution in [0.4, 0.5) is 0 Å². The van der Waals surface area contributed by atoms with Crippen LogP contribution in [0.25, 0.3) is 21.3 Å². The molecule has 0 aliphatic rings. The van der Waals surface area contributed by atoms with Crippen molar-refractivity contribution in [2.75, 3.05) is 7.11 Å². The van der Waals surface area contributed by atoms with Crippen molar-refractivity contribution in [2.45, 2.75) is 24.3 Å². The summed E-state index contributed by atoms with van der Waals surface area (Å²) >= 11 is 2.44. The fourth-order valence-electron chi connectivity index (χ4n) is 2.50. The van der Waals surface area contributed by atoms with E-state index < -0.39 is 11.2 Å². The highest BCUT2D eigenvalue weighted by atomic mass is 32.2. The Labute approximate surface area is 151 Å². The lowest BCUT2D eigenvalue weighted by atomic mass is 10.0. The van der Waals surface area contributed by atoms with Gasteiger partial charge in [-0.15, -0.1) is 11.3 Å². The Bertz CT molecular complexity index is 1010. The summed E-state index contributed by atoms with van der Waals surface area (Å²) in [5.74, 6) is -0.240. The molecule has 130 valence electrons. The molecule has 0 saturated carbocycles. The summed E-state index contributed by atoms with van der Waals surface area (Å²) in [4.78, 5) is 32.3. The number of hydrogen-bond donors (Lipinski definition) is 2. The number of ether oxygens (including phenoxy) is 1. The molecule has 1 aromatic carbocycles. The molecule has 2 N–H and O–H groups in total. The molecule has 3 aromatic rings. The number of methoxy groups -OCH3 is 1. The van der Waals surface area contributed by atoms with Crippen molar-refractivity contribution >= 4 is 39.3 Å². The summed E-state index contributed by atoms with van der Waals surface area (Å²) in [6.45, 7) is 3.49. The minimum Gasteiger partial charge on any atom is -0.497 e. The van der Waals surface area contributed by atoms with Gasteiger partial charge in [0.1, 0.15) is 15.8 Å². The van der Waals surface area contributed by atoms with Gasteiger partial charge in [-0.3, -0.25) is 9.59 Å². The van der Waals surface area contributed by atoms with Gasteiger partial charge in [-0.2, -0.15) is 0 Å². The zero-order valence-corrected chi connectivity index (χ0v) is 15.5. The SMILES string of the molecule is COc1cccc(-c2c(C)sc3nc(SC(C)C(=O)O)[nH]c(=O)c23)c1. The predicted octanol–water partition coefficient (Wildman–Crippen LogP) is 3.53. The maximum absolute atomic E-state index is 12.6. The van der Waals surface area contributed by atoms with Crippen molar-refractivity contribution in [1.82, 2.24) is 9.97 Å². The molecule has 0 spiro atoms. The van der Waals surface area contributed by atoms with Crippen molar-refractivity contribution < 1.29 is 14.6 Å².